The van der Waals surface area contributed by atoms with E-state index in [0.717, 1.165) is 102 Å². The maximum Gasteiger partial charge on any atom is 0.472 e. The minimum atomic E-state index is -4.96. The molecule has 0 aromatic heterocycles. The fourth-order valence-corrected chi connectivity index (χ4v) is 13.2. The molecule has 0 aliphatic rings. The van der Waals surface area contributed by atoms with Gasteiger partial charge in [-0.25, -0.2) is 9.13 Å². The average molecular weight is 1400 g/mol. The number of ether oxygens (including phenoxy) is 4. The second kappa shape index (κ2) is 67.9. The summed E-state index contributed by atoms with van der Waals surface area (Å²) in [5.41, 5.74) is 0. The molecule has 0 saturated carbocycles. The molecule has 0 bridgehead atoms. The Morgan fingerprint density at radius 3 is 0.716 bits per heavy atom. The van der Waals surface area contributed by atoms with Crippen molar-refractivity contribution in [3.05, 3.63) is 0 Å². The lowest BCUT2D eigenvalue weighted by atomic mass is 10.0. The molecule has 0 aromatic carbocycles. The van der Waals surface area contributed by atoms with Crippen LogP contribution in [-0.2, 0) is 65.4 Å². The Kier molecular flexibility index (Phi) is 66.5. The second-order valence-corrected chi connectivity index (χ2v) is 31.3. The van der Waals surface area contributed by atoms with E-state index in [4.69, 9.17) is 37.0 Å². The Bertz CT molecular complexity index is 1840. The van der Waals surface area contributed by atoms with Crippen LogP contribution in [0, 0.1) is 11.8 Å². The number of hydrogen-bond acceptors (Lipinski definition) is 15. The molecule has 0 aliphatic heterocycles. The number of aliphatic hydroxyl groups is 1. The molecule has 95 heavy (non-hydrogen) atoms. The Hall–Kier alpha value is -1.94. The number of carbonyl (C=O) groups excluding carboxylic acids is 4. The molecule has 0 saturated heterocycles. The molecule has 0 fully saturated rings. The van der Waals surface area contributed by atoms with E-state index >= 15 is 0 Å². The Balaban J connectivity index is 5.24. The first-order valence-corrected chi connectivity index (χ1v) is 42.5. The van der Waals surface area contributed by atoms with Gasteiger partial charge in [-0.05, 0) is 37.5 Å². The summed E-state index contributed by atoms with van der Waals surface area (Å²) in [7, 11) is -9.91. The molecular formula is C76H148O17P2. The van der Waals surface area contributed by atoms with Gasteiger partial charge in [0, 0.05) is 25.7 Å². The van der Waals surface area contributed by atoms with E-state index in [1.54, 1.807) is 0 Å². The first-order valence-electron chi connectivity index (χ1n) is 39.5. The molecule has 0 spiro atoms. The van der Waals surface area contributed by atoms with E-state index in [1.165, 1.54) is 212 Å². The highest BCUT2D eigenvalue weighted by molar-refractivity contribution is 7.47. The second-order valence-electron chi connectivity index (χ2n) is 28.3. The molecule has 0 radical (unpaired) electrons. The summed E-state index contributed by atoms with van der Waals surface area (Å²) in [6, 6.07) is 0. The van der Waals surface area contributed by atoms with E-state index in [9.17, 15) is 43.2 Å². The van der Waals surface area contributed by atoms with Crippen molar-refractivity contribution in [1.82, 2.24) is 0 Å². The third-order valence-electron chi connectivity index (χ3n) is 17.7. The number of phosphoric ester groups is 2. The lowest BCUT2D eigenvalue weighted by Crippen LogP contribution is -2.30. The van der Waals surface area contributed by atoms with Crippen LogP contribution in [0.25, 0.3) is 0 Å². The number of phosphoric acid groups is 2. The van der Waals surface area contributed by atoms with Gasteiger partial charge in [0.25, 0.3) is 0 Å². The van der Waals surface area contributed by atoms with Crippen molar-refractivity contribution in [3.63, 3.8) is 0 Å². The fourth-order valence-electron chi connectivity index (χ4n) is 11.7. The first-order chi connectivity index (χ1) is 45.9. The highest BCUT2D eigenvalue weighted by atomic mass is 31.2. The highest BCUT2D eigenvalue weighted by Crippen LogP contribution is 2.45. The first kappa shape index (κ1) is 93.1. The van der Waals surface area contributed by atoms with Crippen molar-refractivity contribution in [2.75, 3.05) is 39.6 Å². The summed E-state index contributed by atoms with van der Waals surface area (Å²) in [5.74, 6) is -0.635. The van der Waals surface area contributed by atoms with E-state index in [0.29, 0.717) is 25.7 Å². The van der Waals surface area contributed by atoms with Gasteiger partial charge in [-0.1, -0.05) is 343 Å². The number of aliphatic hydroxyl groups excluding tert-OH is 1. The molecule has 0 heterocycles. The number of rotatable bonds is 75. The number of carbonyl (C=O) groups is 4. The zero-order valence-electron chi connectivity index (χ0n) is 62.0. The van der Waals surface area contributed by atoms with Crippen LogP contribution in [0.4, 0.5) is 0 Å². The number of hydrogen-bond donors (Lipinski definition) is 3. The summed E-state index contributed by atoms with van der Waals surface area (Å²) in [6.45, 7) is 9.56. The van der Waals surface area contributed by atoms with Crippen LogP contribution < -0.4 is 0 Å². The maximum absolute atomic E-state index is 13.1. The zero-order valence-corrected chi connectivity index (χ0v) is 63.8. The minimum Gasteiger partial charge on any atom is -0.462 e. The molecule has 2 unspecified atom stereocenters. The van der Waals surface area contributed by atoms with Gasteiger partial charge in [-0.15, -0.1) is 0 Å². The molecule has 19 heteroatoms. The van der Waals surface area contributed by atoms with Crippen LogP contribution in [0.5, 0.6) is 0 Å². The Morgan fingerprint density at radius 2 is 0.484 bits per heavy atom. The number of unbranched alkanes of at least 4 members (excludes halogenated alkanes) is 45. The monoisotopic (exact) mass is 1400 g/mol. The van der Waals surface area contributed by atoms with Crippen LogP contribution in [0.15, 0.2) is 0 Å². The van der Waals surface area contributed by atoms with Gasteiger partial charge >= 0.3 is 39.5 Å². The molecular weight excluding hydrogens is 1250 g/mol. The van der Waals surface area contributed by atoms with Crippen molar-refractivity contribution in [1.29, 1.82) is 0 Å². The van der Waals surface area contributed by atoms with Crippen LogP contribution in [0.1, 0.15) is 395 Å². The summed E-state index contributed by atoms with van der Waals surface area (Å²) < 4.78 is 68.5. The zero-order chi connectivity index (χ0) is 70.0. The van der Waals surface area contributed by atoms with Crippen molar-refractivity contribution in [2.24, 2.45) is 11.8 Å². The van der Waals surface area contributed by atoms with Crippen molar-refractivity contribution in [2.45, 2.75) is 413 Å². The van der Waals surface area contributed by atoms with E-state index in [-0.39, 0.29) is 25.7 Å². The predicted molar refractivity (Wildman–Crippen MR) is 386 cm³/mol. The fraction of sp³-hybridized carbons (Fsp3) is 0.947. The van der Waals surface area contributed by atoms with Gasteiger partial charge in [-0.3, -0.25) is 37.3 Å². The minimum absolute atomic E-state index is 0.105. The topological polar surface area (TPSA) is 237 Å². The predicted octanol–water partition coefficient (Wildman–Crippen LogP) is 22.3. The van der Waals surface area contributed by atoms with Gasteiger partial charge in [0.2, 0.25) is 0 Å². The van der Waals surface area contributed by atoms with Gasteiger partial charge in [-0.2, -0.15) is 0 Å². The molecule has 0 rings (SSSR count). The lowest BCUT2D eigenvalue weighted by molar-refractivity contribution is -0.161. The normalized spacial score (nSPS) is 14.0. The molecule has 0 aliphatic carbocycles. The van der Waals surface area contributed by atoms with Crippen molar-refractivity contribution in [3.8, 4) is 0 Å². The van der Waals surface area contributed by atoms with Gasteiger partial charge in [0.1, 0.15) is 19.3 Å². The largest absolute Gasteiger partial charge is 0.472 e. The molecule has 0 amide bonds. The van der Waals surface area contributed by atoms with Crippen LogP contribution in [-0.4, -0.2) is 96.7 Å². The Morgan fingerprint density at radius 1 is 0.284 bits per heavy atom. The smallest absolute Gasteiger partial charge is 0.462 e. The van der Waals surface area contributed by atoms with Gasteiger partial charge in [0.05, 0.1) is 26.4 Å². The summed E-state index contributed by atoms with van der Waals surface area (Å²) in [5, 5.41) is 10.6. The summed E-state index contributed by atoms with van der Waals surface area (Å²) >= 11 is 0. The maximum atomic E-state index is 13.1. The quantitative estimate of drug-likeness (QED) is 0.0222. The summed E-state index contributed by atoms with van der Waals surface area (Å²) in [6.07, 6.45) is 55.5. The molecule has 17 nitrogen and oxygen atoms in total. The van der Waals surface area contributed by atoms with Crippen molar-refractivity contribution >= 4 is 39.5 Å². The molecule has 0 aromatic rings. The Labute approximate surface area is 581 Å². The van der Waals surface area contributed by atoms with Crippen LogP contribution in [0.2, 0.25) is 0 Å². The van der Waals surface area contributed by atoms with E-state index < -0.39 is 97.5 Å². The van der Waals surface area contributed by atoms with E-state index in [2.05, 4.69) is 41.5 Å². The third kappa shape index (κ3) is 70.3. The SMILES string of the molecule is CCCCCCCCCCCCCCCCCCCCC(=O)O[C@H](COC(=O)CCCCCCCCCCCCCCC)COP(=O)(O)OC[C@@H](O)COP(=O)(O)OC[C@@H](COC(=O)CCCCCCCCCCCC(C)C)OC(=O)CCCCCCCCCCCC(C)C. The highest BCUT2D eigenvalue weighted by Gasteiger charge is 2.30. The van der Waals surface area contributed by atoms with Crippen LogP contribution >= 0.6 is 15.6 Å². The summed E-state index contributed by atoms with van der Waals surface area (Å²) in [4.78, 5) is 72.8. The third-order valence-corrected chi connectivity index (χ3v) is 19.6. The average Bonchev–Trinajstić information content (AvgIpc) is 1.65. The lowest BCUT2D eigenvalue weighted by Gasteiger charge is -2.21. The standard InChI is InChI=1S/C76H148O17P2/c1-7-9-11-13-15-17-19-21-22-23-24-25-27-29-35-42-48-54-60-75(80)92-71(64-86-73(78)58-52-46-40-34-28-26-20-18-16-14-12-10-8-2)66-90-94(82,83)88-62-70(77)63-89-95(84,85)91-67-72(93-76(81)61-55-49-43-37-31-33-39-45-51-57-69(5)6)65-87-74(79)59-53-47-41-36-30-32-38-44-50-56-68(3)4/h68-72,77H,7-67H2,1-6H3,(H,82,83)(H,84,85)/t70-,71-,72-/m1/s1. The van der Waals surface area contributed by atoms with E-state index in [1.807, 2.05) is 0 Å². The number of esters is 4. The van der Waals surface area contributed by atoms with Crippen LogP contribution in [0.3, 0.4) is 0 Å². The van der Waals surface area contributed by atoms with Gasteiger partial charge < -0.3 is 33.8 Å². The van der Waals surface area contributed by atoms with Gasteiger partial charge in [0.15, 0.2) is 12.2 Å². The van der Waals surface area contributed by atoms with Crippen molar-refractivity contribution < 1.29 is 80.2 Å². The molecule has 5 atom stereocenters. The molecule has 3 N–H and O–H groups in total. The molecule has 564 valence electrons.